The van der Waals surface area contributed by atoms with Gasteiger partial charge in [0.05, 0.1) is 0 Å². The molecule has 3 aromatic carbocycles. The summed E-state index contributed by atoms with van der Waals surface area (Å²) in [5, 5.41) is 0. The van der Waals surface area contributed by atoms with Crippen LogP contribution < -0.4 is 4.90 Å². The van der Waals surface area contributed by atoms with Gasteiger partial charge in [0.25, 0.3) is 0 Å². The maximum absolute atomic E-state index is 13.3. The highest BCUT2D eigenvalue weighted by Crippen LogP contribution is 2.41. The normalized spacial score (nSPS) is 15.5. The molecule has 0 bridgehead atoms. The number of rotatable bonds is 4. The summed E-state index contributed by atoms with van der Waals surface area (Å²) in [5.41, 5.74) is 4.91. The molecule has 0 spiro atoms. The Morgan fingerprint density at radius 3 is 2.04 bits per heavy atom. The lowest BCUT2D eigenvalue weighted by molar-refractivity contribution is 0.105. The molecule has 0 unspecified atom stereocenters. The van der Waals surface area contributed by atoms with Crippen molar-refractivity contribution in [2.24, 2.45) is 0 Å². The maximum Gasteiger partial charge on any atom is 0.195 e. The predicted molar refractivity (Wildman–Crippen MR) is 112 cm³/mol. The van der Waals surface area contributed by atoms with Crippen LogP contribution in [0.15, 0.2) is 91.1 Å². The molecule has 0 atom stereocenters. The molecule has 4 rings (SSSR count). The van der Waals surface area contributed by atoms with Crippen molar-refractivity contribution < 1.29 is 4.79 Å². The zero-order chi connectivity index (χ0) is 18.9. The van der Waals surface area contributed by atoms with Crippen molar-refractivity contribution in [3.63, 3.8) is 0 Å². The van der Waals surface area contributed by atoms with Crippen molar-refractivity contribution in [3.05, 3.63) is 108 Å². The number of Topliss-reactive ketones (excluding diaryl/α,β-unsaturated/α-hetero) is 1. The van der Waals surface area contributed by atoms with Crippen molar-refractivity contribution in [3.8, 4) is 0 Å². The molecular weight excluding hydrogens is 330 g/mol. The molecule has 0 saturated carbocycles. The second kappa shape index (κ2) is 6.88. The van der Waals surface area contributed by atoms with Crippen molar-refractivity contribution >= 4 is 17.0 Å². The first-order valence-electron chi connectivity index (χ1n) is 9.29. The van der Waals surface area contributed by atoms with Crippen LogP contribution in [-0.4, -0.2) is 12.3 Å². The summed E-state index contributed by atoms with van der Waals surface area (Å²) < 4.78 is 0. The fraction of sp³-hybridized carbons (Fsp3) is 0.160. The second-order valence-corrected chi connectivity index (χ2v) is 7.63. The van der Waals surface area contributed by atoms with Gasteiger partial charge in [-0.25, -0.2) is 0 Å². The summed E-state index contributed by atoms with van der Waals surface area (Å²) in [6.07, 6.45) is 2.03. The van der Waals surface area contributed by atoms with Gasteiger partial charge in [0.1, 0.15) is 0 Å². The first-order valence-corrected chi connectivity index (χ1v) is 9.29. The highest BCUT2D eigenvalue weighted by Gasteiger charge is 2.34. The molecule has 0 fully saturated rings. The van der Waals surface area contributed by atoms with Gasteiger partial charge in [-0.1, -0.05) is 92.7 Å². The van der Waals surface area contributed by atoms with Crippen molar-refractivity contribution in [2.75, 3.05) is 11.4 Å². The first kappa shape index (κ1) is 17.3. The second-order valence-electron chi connectivity index (χ2n) is 7.63. The maximum atomic E-state index is 13.3. The van der Waals surface area contributed by atoms with E-state index in [4.69, 9.17) is 0 Å². The topological polar surface area (TPSA) is 20.3 Å². The first-order chi connectivity index (χ1) is 13.1. The standard InChI is InChI=1S/C25H23NO/c1-25(2)18-26(23-16-10-9-15-22(23)25)17-21(19-11-5-3-6-12-19)24(27)20-13-7-4-8-14-20/h3-17H,18H2,1-2H3/b21-17+. The fourth-order valence-electron chi connectivity index (χ4n) is 3.79. The van der Waals surface area contributed by atoms with Crippen LogP contribution in [0.5, 0.6) is 0 Å². The van der Waals surface area contributed by atoms with E-state index in [9.17, 15) is 4.79 Å². The zero-order valence-electron chi connectivity index (χ0n) is 15.7. The average molecular weight is 353 g/mol. The quantitative estimate of drug-likeness (QED) is 0.442. The Balaban J connectivity index is 1.82. The van der Waals surface area contributed by atoms with Gasteiger partial charge in [-0.2, -0.15) is 0 Å². The minimum Gasteiger partial charge on any atom is -0.346 e. The highest BCUT2D eigenvalue weighted by molar-refractivity contribution is 6.29. The zero-order valence-corrected chi connectivity index (χ0v) is 15.7. The van der Waals surface area contributed by atoms with Crippen LogP contribution in [0.25, 0.3) is 5.57 Å². The Kier molecular flexibility index (Phi) is 4.41. The molecule has 2 heteroatoms. The summed E-state index contributed by atoms with van der Waals surface area (Å²) >= 11 is 0. The van der Waals surface area contributed by atoms with Gasteiger partial charge in [-0.05, 0) is 17.2 Å². The number of benzene rings is 3. The molecule has 0 aromatic heterocycles. The molecule has 2 nitrogen and oxygen atoms in total. The monoisotopic (exact) mass is 353 g/mol. The molecule has 0 saturated heterocycles. The van der Waals surface area contributed by atoms with E-state index < -0.39 is 0 Å². The van der Waals surface area contributed by atoms with E-state index in [1.165, 1.54) is 11.3 Å². The van der Waals surface area contributed by atoms with E-state index in [0.29, 0.717) is 11.1 Å². The number of anilines is 1. The van der Waals surface area contributed by atoms with Gasteiger partial charge in [-0.15, -0.1) is 0 Å². The van der Waals surface area contributed by atoms with Crippen LogP contribution in [-0.2, 0) is 5.41 Å². The van der Waals surface area contributed by atoms with Crippen molar-refractivity contribution in [1.82, 2.24) is 0 Å². The molecule has 1 aliphatic heterocycles. The van der Waals surface area contributed by atoms with E-state index in [1.54, 1.807) is 0 Å². The van der Waals surface area contributed by atoms with Gasteiger partial charge in [0.15, 0.2) is 5.78 Å². The Bertz CT molecular complexity index is 987. The van der Waals surface area contributed by atoms with Crippen LogP contribution >= 0.6 is 0 Å². The van der Waals surface area contributed by atoms with E-state index in [-0.39, 0.29) is 11.2 Å². The number of hydrogen-bond donors (Lipinski definition) is 0. The minimum atomic E-state index is 0.0454. The molecule has 0 radical (unpaired) electrons. The van der Waals surface area contributed by atoms with Gasteiger partial charge in [0, 0.05) is 35.0 Å². The van der Waals surface area contributed by atoms with Gasteiger partial charge in [0.2, 0.25) is 0 Å². The average Bonchev–Trinajstić information content (AvgIpc) is 2.97. The largest absolute Gasteiger partial charge is 0.346 e. The Labute approximate surface area is 160 Å². The SMILES string of the molecule is CC1(C)CN(/C=C(/C(=O)c2ccccc2)c2ccccc2)c2ccccc21. The van der Waals surface area contributed by atoms with Crippen LogP contribution in [0.3, 0.4) is 0 Å². The third kappa shape index (κ3) is 3.31. The molecule has 27 heavy (non-hydrogen) atoms. The number of carbonyl (C=O) groups is 1. The van der Waals surface area contributed by atoms with E-state index >= 15 is 0 Å². The molecule has 1 heterocycles. The lowest BCUT2D eigenvalue weighted by Gasteiger charge is -2.20. The summed E-state index contributed by atoms with van der Waals surface area (Å²) in [6.45, 7) is 5.35. The summed E-state index contributed by atoms with van der Waals surface area (Å²) in [4.78, 5) is 15.5. The molecule has 3 aromatic rings. The van der Waals surface area contributed by atoms with Crippen LogP contribution in [0.4, 0.5) is 5.69 Å². The van der Waals surface area contributed by atoms with Crippen LogP contribution in [0.1, 0.15) is 35.3 Å². The number of carbonyl (C=O) groups excluding carboxylic acids is 1. The van der Waals surface area contributed by atoms with E-state index in [2.05, 4.69) is 43.0 Å². The number of hydrogen-bond acceptors (Lipinski definition) is 2. The highest BCUT2D eigenvalue weighted by atomic mass is 16.1. The molecule has 0 N–H and O–H groups in total. The van der Waals surface area contributed by atoms with Crippen molar-refractivity contribution in [2.45, 2.75) is 19.3 Å². The smallest absolute Gasteiger partial charge is 0.195 e. The summed E-state index contributed by atoms with van der Waals surface area (Å²) in [6, 6.07) is 27.9. The molecule has 134 valence electrons. The number of nitrogens with zero attached hydrogens (tertiary/aromatic N) is 1. The molecular formula is C25H23NO. The number of allylic oxidation sites excluding steroid dienone is 1. The Morgan fingerprint density at radius 2 is 1.37 bits per heavy atom. The summed E-state index contributed by atoms with van der Waals surface area (Å²) in [5.74, 6) is 0.0454. The van der Waals surface area contributed by atoms with Gasteiger partial charge < -0.3 is 4.90 Å². The Hall–Kier alpha value is -3.13. The molecule has 1 aliphatic rings. The predicted octanol–water partition coefficient (Wildman–Crippen LogP) is 5.71. The molecule has 0 aliphatic carbocycles. The van der Waals surface area contributed by atoms with Gasteiger partial charge in [-0.3, -0.25) is 4.79 Å². The minimum absolute atomic E-state index is 0.0454. The lowest BCUT2D eigenvalue weighted by Crippen LogP contribution is -2.25. The third-order valence-corrected chi connectivity index (χ3v) is 5.16. The molecule has 0 amide bonds. The summed E-state index contributed by atoms with van der Waals surface area (Å²) in [7, 11) is 0. The van der Waals surface area contributed by atoms with Crippen LogP contribution in [0.2, 0.25) is 0 Å². The Morgan fingerprint density at radius 1 is 0.815 bits per heavy atom. The number of fused-ring (bicyclic) bond motifs is 1. The number of ketones is 1. The number of para-hydroxylation sites is 1. The van der Waals surface area contributed by atoms with E-state index in [0.717, 1.165) is 12.1 Å². The van der Waals surface area contributed by atoms with Crippen molar-refractivity contribution in [1.29, 1.82) is 0 Å². The van der Waals surface area contributed by atoms with E-state index in [1.807, 2.05) is 66.9 Å². The van der Waals surface area contributed by atoms with Crippen LogP contribution in [0, 0.1) is 0 Å². The lowest BCUT2D eigenvalue weighted by atomic mass is 9.87. The fourth-order valence-corrected chi connectivity index (χ4v) is 3.79. The third-order valence-electron chi connectivity index (χ3n) is 5.16. The van der Waals surface area contributed by atoms with Gasteiger partial charge >= 0.3 is 0 Å².